The number of aliphatic hydroxyl groups excluding tert-OH is 1. The highest BCUT2D eigenvalue weighted by molar-refractivity contribution is 5.13. The molecular weight excluding hydrogens is 184 g/mol. The van der Waals surface area contributed by atoms with Gasteiger partial charge in [0.15, 0.2) is 0 Å². The Kier molecular flexibility index (Phi) is 1.89. The van der Waals surface area contributed by atoms with Crippen LogP contribution < -0.4 is 0 Å². The summed E-state index contributed by atoms with van der Waals surface area (Å²) in [6.07, 6.45) is 6.50. The Morgan fingerprint density at radius 2 is 1.73 bits per heavy atom. The van der Waals surface area contributed by atoms with E-state index in [1.807, 2.05) is 0 Å². The van der Waals surface area contributed by atoms with Gasteiger partial charge in [0.1, 0.15) is 0 Å². The first-order valence-electron chi connectivity index (χ1n) is 6.67. The maximum absolute atomic E-state index is 10.5. The molecule has 0 heterocycles. The molecule has 0 aromatic rings. The molecule has 1 N–H and O–H groups in total. The van der Waals surface area contributed by atoms with Gasteiger partial charge in [-0.1, -0.05) is 20.8 Å². The first kappa shape index (κ1) is 10.1. The van der Waals surface area contributed by atoms with Crippen molar-refractivity contribution >= 4 is 0 Å². The average Bonchev–Trinajstić information content (AvgIpc) is 2.21. The van der Waals surface area contributed by atoms with Crippen molar-refractivity contribution in [1.82, 2.24) is 0 Å². The molecule has 4 rings (SSSR count). The third-order valence-corrected chi connectivity index (χ3v) is 6.62. The van der Waals surface area contributed by atoms with Crippen molar-refractivity contribution in [1.29, 1.82) is 0 Å². The van der Waals surface area contributed by atoms with Crippen molar-refractivity contribution in [2.24, 2.45) is 28.6 Å². The Morgan fingerprint density at radius 1 is 1.07 bits per heavy atom. The van der Waals surface area contributed by atoms with Gasteiger partial charge in [-0.2, -0.15) is 0 Å². The highest BCUT2D eigenvalue weighted by Crippen LogP contribution is 2.69. The molecule has 0 unspecified atom stereocenters. The second-order valence-corrected chi connectivity index (χ2v) is 6.94. The van der Waals surface area contributed by atoms with E-state index in [1.165, 1.54) is 32.1 Å². The molecule has 0 radical (unpaired) electrons. The van der Waals surface area contributed by atoms with Crippen LogP contribution in [-0.2, 0) is 0 Å². The number of aliphatic hydroxyl groups is 1. The molecule has 4 aliphatic rings. The minimum Gasteiger partial charge on any atom is -0.392 e. The standard InChI is InChI=1S/C14H24O/c1-9-4-6-14(3)12(15)10-5-7-13(14,2)11(9)8-10/h9-12,15H,4-8H2,1-3H3/t9-,10+,11+,12-,13+,14+/m1/s1. The van der Waals surface area contributed by atoms with Crippen LogP contribution in [0.25, 0.3) is 0 Å². The van der Waals surface area contributed by atoms with E-state index in [0.29, 0.717) is 11.3 Å². The quantitative estimate of drug-likeness (QED) is 0.648. The van der Waals surface area contributed by atoms with Gasteiger partial charge < -0.3 is 5.11 Å². The van der Waals surface area contributed by atoms with Crippen LogP contribution >= 0.6 is 0 Å². The van der Waals surface area contributed by atoms with Gasteiger partial charge in [0, 0.05) is 0 Å². The molecule has 0 aromatic carbocycles. The maximum atomic E-state index is 10.5. The number of hydrogen-bond donors (Lipinski definition) is 1. The zero-order valence-corrected chi connectivity index (χ0v) is 10.3. The minimum atomic E-state index is -0.0139. The van der Waals surface area contributed by atoms with Crippen molar-refractivity contribution in [3.05, 3.63) is 0 Å². The van der Waals surface area contributed by atoms with E-state index in [9.17, 15) is 5.11 Å². The van der Waals surface area contributed by atoms with Crippen molar-refractivity contribution in [2.45, 2.75) is 59.0 Å². The van der Waals surface area contributed by atoms with Crippen molar-refractivity contribution in [3.63, 3.8) is 0 Å². The summed E-state index contributed by atoms with van der Waals surface area (Å²) >= 11 is 0. The molecule has 6 atom stereocenters. The van der Waals surface area contributed by atoms with Crippen LogP contribution in [0.5, 0.6) is 0 Å². The zero-order chi connectivity index (χ0) is 10.8. The lowest BCUT2D eigenvalue weighted by Crippen LogP contribution is -2.64. The molecule has 0 aromatic heterocycles. The Morgan fingerprint density at radius 3 is 2.47 bits per heavy atom. The van der Waals surface area contributed by atoms with E-state index >= 15 is 0 Å². The molecule has 15 heavy (non-hydrogen) atoms. The molecule has 86 valence electrons. The molecule has 0 amide bonds. The molecule has 0 saturated heterocycles. The fraction of sp³-hybridized carbons (Fsp3) is 1.00. The summed E-state index contributed by atoms with van der Waals surface area (Å²) in [4.78, 5) is 0. The Hall–Kier alpha value is -0.0400. The smallest absolute Gasteiger partial charge is 0.0627 e. The number of fused-ring (bicyclic) bond motifs is 1. The van der Waals surface area contributed by atoms with E-state index < -0.39 is 0 Å². The van der Waals surface area contributed by atoms with Gasteiger partial charge in [0.05, 0.1) is 6.10 Å². The summed E-state index contributed by atoms with van der Waals surface area (Å²) in [5.74, 6) is 2.39. The normalized spacial score (nSPS) is 63.2. The molecular formula is C14H24O. The van der Waals surface area contributed by atoms with Gasteiger partial charge in [0.2, 0.25) is 0 Å². The van der Waals surface area contributed by atoms with Crippen LogP contribution in [0.15, 0.2) is 0 Å². The summed E-state index contributed by atoms with van der Waals surface area (Å²) < 4.78 is 0. The Labute approximate surface area is 93.3 Å². The monoisotopic (exact) mass is 208 g/mol. The first-order chi connectivity index (χ1) is 6.99. The second kappa shape index (κ2) is 2.80. The van der Waals surface area contributed by atoms with Gasteiger partial charge in [-0.15, -0.1) is 0 Å². The molecule has 4 saturated carbocycles. The Bertz CT molecular complexity index is 287. The van der Waals surface area contributed by atoms with E-state index in [2.05, 4.69) is 20.8 Å². The van der Waals surface area contributed by atoms with Crippen molar-refractivity contribution < 1.29 is 5.11 Å². The average molecular weight is 208 g/mol. The third kappa shape index (κ3) is 0.988. The van der Waals surface area contributed by atoms with Crippen LogP contribution in [0.1, 0.15) is 52.9 Å². The highest BCUT2D eigenvalue weighted by Gasteiger charge is 2.64. The lowest BCUT2D eigenvalue weighted by molar-refractivity contribution is -0.231. The maximum Gasteiger partial charge on any atom is 0.0627 e. The number of rotatable bonds is 0. The van der Waals surface area contributed by atoms with E-state index in [4.69, 9.17) is 0 Å². The van der Waals surface area contributed by atoms with Crippen LogP contribution in [-0.4, -0.2) is 11.2 Å². The zero-order valence-electron chi connectivity index (χ0n) is 10.3. The molecule has 4 bridgehead atoms. The minimum absolute atomic E-state index is 0.0139. The predicted molar refractivity (Wildman–Crippen MR) is 61.4 cm³/mol. The van der Waals surface area contributed by atoms with Crippen LogP contribution in [0.3, 0.4) is 0 Å². The van der Waals surface area contributed by atoms with Gasteiger partial charge in [-0.05, 0) is 60.7 Å². The molecule has 4 aliphatic carbocycles. The summed E-state index contributed by atoms with van der Waals surface area (Å²) in [6.45, 7) is 7.26. The van der Waals surface area contributed by atoms with Crippen LogP contribution in [0.4, 0.5) is 0 Å². The second-order valence-electron chi connectivity index (χ2n) is 6.94. The largest absolute Gasteiger partial charge is 0.392 e. The fourth-order valence-electron chi connectivity index (χ4n) is 5.25. The van der Waals surface area contributed by atoms with Gasteiger partial charge in [-0.25, -0.2) is 0 Å². The predicted octanol–water partition coefficient (Wildman–Crippen LogP) is 3.22. The summed E-state index contributed by atoms with van der Waals surface area (Å²) in [5.41, 5.74) is 0.657. The summed E-state index contributed by atoms with van der Waals surface area (Å²) in [5, 5.41) is 10.5. The van der Waals surface area contributed by atoms with Crippen molar-refractivity contribution in [3.8, 4) is 0 Å². The Balaban J connectivity index is 2.07. The van der Waals surface area contributed by atoms with Crippen LogP contribution in [0, 0.1) is 28.6 Å². The third-order valence-electron chi connectivity index (χ3n) is 6.62. The molecule has 0 spiro atoms. The van der Waals surface area contributed by atoms with Crippen molar-refractivity contribution in [2.75, 3.05) is 0 Å². The van der Waals surface area contributed by atoms with Gasteiger partial charge in [-0.3, -0.25) is 0 Å². The summed E-state index contributed by atoms with van der Waals surface area (Å²) in [7, 11) is 0. The van der Waals surface area contributed by atoms with Gasteiger partial charge in [0.25, 0.3) is 0 Å². The molecule has 4 fully saturated rings. The summed E-state index contributed by atoms with van der Waals surface area (Å²) in [6, 6.07) is 0. The molecule has 1 heteroatoms. The molecule has 1 nitrogen and oxygen atoms in total. The lowest BCUT2D eigenvalue weighted by atomic mass is 9.38. The van der Waals surface area contributed by atoms with E-state index in [-0.39, 0.29) is 11.5 Å². The topological polar surface area (TPSA) is 20.2 Å². The van der Waals surface area contributed by atoms with Crippen LogP contribution in [0.2, 0.25) is 0 Å². The number of hydrogen-bond acceptors (Lipinski definition) is 1. The first-order valence-corrected chi connectivity index (χ1v) is 6.67. The van der Waals surface area contributed by atoms with E-state index in [0.717, 1.165) is 11.8 Å². The molecule has 0 aliphatic heterocycles. The SMILES string of the molecule is C[C@@H]1CC[C@@]2(C)[C@H](O)[C@H]3CC[C@@]2(C)[C@H]1C3. The van der Waals surface area contributed by atoms with E-state index in [1.54, 1.807) is 0 Å². The highest BCUT2D eigenvalue weighted by atomic mass is 16.3. The lowest BCUT2D eigenvalue weighted by Gasteiger charge is -2.68. The fourth-order valence-corrected chi connectivity index (χ4v) is 5.25. The van der Waals surface area contributed by atoms with Gasteiger partial charge >= 0.3 is 0 Å².